The molecule has 0 unspecified atom stereocenters. The number of fused-ring (bicyclic) bond motifs is 4. The second-order valence-corrected chi connectivity index (χ2v) is 7.21. The van der Waals surface area contributed by atoms with Gasteiger partial charge in [-0.2, -0.15) is 13.2 Å². The van der Waals surface area contributed by atoms with Crippen molar-refractivity contribution in [2.45, 2.75) is 56.7 Å². The highest BCUT2D eigenvalue weighted by atomic mass is 19.4. The fourth-order valence-corrected chi connectivity index (χ4v) is 4.22. The molecule has 4 atom stereocenters. The molecule has 6 heteroatoms. The van der Waals surface area contributed by atoms with E-state index in [1.54, 1.807) is 6.07 Å². The summed E-state index contributed by atoms with van der Waals surface area (Å²) >= 11 is 0. The number of nitrogens with one attached hydrogen (secondary N) is 1. The van der Waals surface area contributed by atoms with Gasteiger partial charge in [-0.15, -0.1) is 0 Å². The standard InChI is InChI=1S/C17H20F3NO2/c1-16(2)11-8-12-13(6-7-21-12)22-14(11)9-4-3-5-10(15(9)23-16)17(18,19)20/h3-5,11-14,21H,6-8H2,1-2H3/t11-,12-,13-,14+/m0/s1. The number of hydrogen-bond acceptors (Lipinski definition) is 3. The summed E-state index contributed by atoms with van der Waals surface area (Å²) in [5.74, 6) is -0.0269. The lowest BCUT2D eigenvalue weighted by atomic mass is 9.73. The Morgan fingerprint density at radius 1 is 1.26 bits per heavy atom. The highest BCUT2D eigenvalue weighted by Gasteiger charge is 2.53. The Morgan fingerprint density at radius 3 is 2.78 bits per heavy atom. The van der Waals surface area contributed by atoms with Crippen LogP contribution in [0.5, 0.6) is 5.75 Å². The average Bonchev–Trinajstić information content (AvgIpc) is 2.91. The molecular weight excluding hydrogens is 307 g/mol. The van der Waals surface area contributed by atoms with Gasteiger partial charge in [0, 0.05) is 17.5 Å². The van der Waals surface area contributed by atoms with Gasteiger partial charge in [0.05, 0.1) is 17.8 Å². The van der Waals surface area contributed by atoms with E-state index < -0.39 is 17.3 Å². The van der Waals surface area contributed by atoms with Crippen LogP contribution in [0.15, 0.2) is 18.2 Å². The largest absolute Gasteiger partial charge is 0.486 e. The zero-order valence-electron chi connectivity index (χ0n) is 13.1. The van der Waals surface area contributed by atoms with Gasteiger partial charge in [0.15, 0.2) is 0 Å². The minimum Gasteiger partial charge on any atom is -0.486 e. The zero-order chi connectivity index (χ0) is 16.4. The minimum atomic E-state index is -4.43. The fourth-order valence-electron chi connectivity index (χ4n) is 4.22. The van der Waals surface area contributed by atoms with Gasteiger partial charge in [-0.05, 0) is 39.3 Å². The predicted octanol–water partition coefficient (Wildman–Crippen LogP) is 3.68. The molecule has 0 aromatic heterocycles. The topological polar surface area (TPSA) is 30.5 Å². The van der Waals surface area contributed by atoms with Crippen molar-refractivity contribution >= 4 is 0 Å². The van der Waals surface area contributed by atoms with E-state index in [2.05, 4.69) is 5.32 Å². The van der Waals surface area contributed by atoms with Crippen LogP contribution in [0.1, 0.15) is 43.9 Å². The van der Waals surface area contributed by atoms with Crippen LogP contribution in [0, 0.1) is 5.92 Å². The maximum absolute atomic E-state index is 13.3. The van der Waals surface area contributed by atoms with Gasteiger partial charge in [0.25, 0.3) is 0 Å². The Kier molecular flexibility index (Phi) is 3.23. The molecule has 1 N–H and O–H groups in total. The van der Waals surface area contributed by atoms with E-state index in [4.69, 9.17) is 9.47 Å². The van der Waals surface area contributed by atoms with E-state index in [0.29, 0.717) is 5.56 Å². The molecule has 0 spiro atoms. The number of alkyl halides is 3. The normalized spacial score (nSPS) is 35.0. The summed E-state index contributed by atoms with van der Waals surface area (Å²) in [6, 6.07) is 4.51. The molecule has 1 aromatic carbocycles. The Balaban J connectivity index is 1.81. The summed E-state index contributed by atoms with van der Waals surface area (Å²) in [6.07, 6.45) is -2.92. The molecule has 3 heterocycles. The Morgan fingerprint density at radius 2 is 2.04 bits per heavy atom. The van der Waals surface area contributed by atoms with Crippen LogP contribution in [0.4, 0.5) is 13.2 Å². The van der Waals surface area contributed by atoms with Crippen LogP contribution < -0.4 is 10.1 Å². The molecule has 126 valence electrons. The molecule has 23 heavy (non-hydrogen) atoms. The van der Waals surface area contributed by atoms with E-state index >= 15 is 0 Å². The average molecular weight is 327 g/mol. The number of ether oxygens (including phenoxy) is 2. The smallest absolute Gasteiger partial charge is 0.419 e. The summed E-state index contributed by atoms with van der Waals surface area (Å²) in [7, 11) is 0. The summed E-state index contributed by atoms with van der Waals surface area (Å²) in [5.41, 5.74) is -0.875. The molecule has 0 saturated carbocycles. The third-order valence-corrected chi connectivity index (χ3v) is 5.39. The first-order valence-electron chi connectivity index (χ1n) is 8.05. The first kappa shape index (κ1) is 15.3. The molecule has 3 aliphatic heterocycles. The minimum absolute atomic E-state index is 0.0327. The quantitative estimate of drug-likeness (QED) is 0.788. The van der Waals surface area contributed by atoms with Crippen molar-refractivity contribution < 1.29 is 22.6 Å². The zero-order valence-corrected chi connectivity index (χ0v) is 13.1. The summed E-state index contributed by atoms with van der Waals surface area (Å²) in [4.78, 5) is 0. The van der Waals surface area contributed by atoms with E-state index in [-0.39, 0.29) is 29.9 Å². The van der Waals surface area contributed by atoms with Gasteiger partial charge < -0.3 is 14.8 Å². The number of para-hydroxylation sites is 1. The first-order valence-corrected chi connectivity index (χ1v) is 8.05. The van der Waals surface area contributed by atoms with E-state index in [1.165, 1.54) is 6.07 Å². The molecule has 3 nitrogen and oxygen atoms in total. The number of benzene rings is 1. The van der Waals surface area contributed by atoms with Crippen LogP contribution in [0.25, 0.3) is 0 Å². The van der Waals surface area contributed by atoms with Gasteiger partial charge in [-0.3, -0.25) is 0 Å². The molecule has 0 amide bonds. The predicted molar refractivity (Wildman–Crippen MR) is 78.3 cm³/mol. The first-order chi connectivity index (χ1) is 10.8. The van der Waals surface area contributed by atoms with Gasteiger partial charge >= 0.3 is 6.18 Å². The Hall–Kier alpha value is -1.27. The van der Waals surface area contributed by atoms with Gasteiger partial charge in [-0.25, -0.2) is 0 Å². The van der Waals surface area contributed by atoms with E-state index in [0.717, 1.165) is 25.5 Å². The van der Waals surface area contributed by atoms with E-state index in [1.807, 2.05) is 13.8 Å². The fraction of sp³-hybridized carbons (Fsp3) is 0.647. The molecule has 2 fully saturated rings. The van der Waals surface area contributed by atoms with Crippen LogP contribution >= 0.6 is 0 Å². The Bertz CT molecular complexity index is 629. The number of halogens is 3. The lowest BCUT2D eigenvalue weighted by molar-refractivity contribution is -0.161. The van der Waals surface area contributed by atoms with Crippen LogP contribution in [0.3, 0.4) is 0 Å². The van der Waals surface area contributed by atoms with Crippen molar-refractivity contribution in [2.75, 3.05) is 6.54 Å². The number of rotatable bonds is 0. The second kappa shape index (κ2) is 4.86. The summed E-state index contributed by atoms with van der Waals surface area (Å²) < 4.78 is 52.1. The lowest BCUT2D eigenvalue weighted by Gasteiger charge is -2.50. The van der Waals surface area contributed by atoms with Crippen molar-refractivity contribution in [2.24, 2.45) is 5.92 Å². The van der Waals surface area contributed by atoms with Crippen molar-refractivity contribution in [3.63, 3.8) is 0 Å². The molecule has 1 aromatic rings. The highest BCUT2D eigenvalue weighted by molar-refractivity contribution is 5.47. The SMILES string of the molecule is CC1(C)Oc2c(cccc2C(F)(F)F)[C@H]2O[C@H]3CCN[C@H]3C[C@@H]21. The molecule has 4 rings (SSSR count). The van der Waals surface area contributed by atoms with Crippen LogP contribution in [-0.4, -0.2) is 24.3 Å². The highest BCUT2D eigenvalue weighted by Crippen LogP contribution is 2.54. The Labute approximate surface area is 133 Å². The molecule has 3 aliphatic rings. The summed E-state index contributed by atoms with van der Waals surface area (Å²) in [5, 5.41) is 3.43. The maximum atomic E-state index is 13.3. The van der Waals surface area contributed by atoms with Crippen molar-refractivity contribution in [3.05, 3.63) is 29.3 Å². The van der Waals surface area contributed by atoms with Gasteiger partial charge in [0.2, 0.25) is 0 Å². The monoisotopic (exact) mass is 327 g/mol. The maximum Gasteiger partial charge on any atom is 0.419 e. The van der Waals surface area contributed by atoms with Crippen LogP contribution in [0.2, 0.25) is 0 Å². The molecule has 0 aliphatic carbocycles. The van der Waals surface area contributed by atoms with Crippen LogP contribution in [-0.2, 0) is 10.9 Å². The van der Waals surface area contributed by atoms with Crippen molar-refractivity contribution in [1.82, 2.24) is 5.32 Å². The number of hydrogen-bond donors (Lipinski definition) is 1. The second-order valence-electron chi connectivity index (χ2n) is 7.21. The van der Waals surface area contributed by atoms with Crippen molar-refractivity contribution in [3.8, 4) is 5.75 Å². The molecule has 0 bridgehead atoms. The molecule has 2 saturated heterocycles. The molecule has 0 radical (unpaired) electrons. The van der Waals surface area contributed by atoms with Gasteiger partial charge in [-0.1, -0.05) is 12.1 Å². The summed E-state index contributed by atoms with van der Waals surface area (Å²) in [6.45, 7) is 4.62. The third kappa shape index (κ3) is 2.34. The molecular formula is C17H20F3NO2. The van der Waals surface area contributed by atoms with Crippen molar-refractivity contribution in [1.29, 1.82) is 0 Å². The van der Waals surface area contributed by atoms with Gasteiger partial charge in [0.1, 0.15) is 11.4 Å². The third-order valence-electron chi connectivity index (χ3n) is 5.39. The lowest BCUT2D eigenvalue weighted by Crippen LogP contribution is -2.53. The van der Waals surface area contributed by atoms with E-state index in [9.17, 15) is 13.2 Å².